The van der Waals surface area contributed by atoms with Crippen molar-refractivity contribution in [3.05, 3.63) is 70.8 Å². The quantitative estimate of drug-likeness (QED) is 0.457. The van der Waals surface area contributed by atoms with Crippen LogP contribution in [0.4, 0.5) is 0 Å². The van der Waals surface area contributed by atoms with Gasteiger partial charge in [0.2, 0.25) is 0 Å². The Morgan fingerprint density at radius 3 is 2.77 bits per heavy atom. The average molecular weight is 438 g/mol. The number of aryl methyl sites for hydroxylation is 1. The second kappa shape index (κ2) is 9.05. The van der Waals surface area contributed by atoms with Crippen LogP contribution >= 0.6 is 11.3 Å². The fourth-order valence-corrected chi connectivity index (χ4v) is 4.11. The molecule has 1 aromatic carbocycles. The van der Waals surface area contributed by atoms with Crippen LogP contribution < -0.4 is 14.8 Å². The molecule has 1 amide bonds. The average Bonchev–Trinajstić information content (AvgIpc) is 3.56. The molecule has 9 heteroatoms. The molecule has 8 nitrogen and oxygen atoms in total. The van der Waals surface area contributed by atoms with Gasteiger partial charge in [0.1, 0.15) is 17.2 Å². The van der Waals surface area contributed by atoms with Gasteiger partial charge in [0.15, 0.2) is 0 Å². The number of rotatable bonds is 8. The van der Waals surface area contributed by atoms with Crippen LogP contribution in [-0.2, 0) is 7.05 Å². The second-order valence-electron chi connectivity index (χ2n) is 6.87. The van der Waals surface area contributed by atoms with E-state index < -0.39 is 0 Å². The Bertz CT molecular complexity index is 1120. The highest BCUT2D eigenvalue weighted by molar-refractivity contribution is 7.08. The molecule has 4 rings (SSSR count). The first-order chi connectivity index (χ1) is 15.1. The number of amides is 1. The molecule has 0 unspecified atom stereocenters. The molecule has 1 N–H and O–H groups in total. The van der Waals surface area contributed by atoms with Gasteiger partial charge in [0.05, 0.1) is 26.0 Å². The smallest absolute Gasteiger partial charge is 0.269 e. The highest BCUT2D eigenvalue weighted by Gasteiger charge is 2.20. The summed E-state index contributed by atoms with van der Waals surface area (Å²) in [5.41, 5.74) is 2.93. The largest absolute Gasteiger partial charge is 0.497 e. The van der Waals surface area contributed by atoms with Crippen LogP contribution in [0, 0.1) is 0 Å². The molecule has 0 bridgehead atoms. The monoisotopic (exact) mass is 437 g/mol. The molecule has 0 aliphatic heterocycles. The van der Waals surface area contributed by atoms with E-state index >= 15 is 0 Å². The van der Waals surface area contributed by atoms with Gasteiger partial charge < -0.3 is 14.8 Å². The normalized spacial score (nSPS) is 11.8. The molecular weight excluding hydrogens is 414 g/mol. The molecule has 3 aromatic heterocycles. The van der Waals surface area contributed by atoms with Gasteiger partial charge in [0.25, 0.3) is 5.91 Å². The van der Waals surface area contributed by atoms with Gasteiger partial charge in [-0.3, -0.25) is 14.2 Å². The number of hydrogen-bond acceptors (Lipinski definition) is 6. The Labute approximate surface area is 184 Å². The Morgan fingerprint density at radius 2 is 2.10 bits per heavy atom. The molecule has 1 atom stereocenters. The number of aromatic nitrogens is 4. The van der Waals surface area contributed by atoms with Gasteiger partial charge in [-0.05, 0) is 52.7 Å². The Hall–Kier alpha value is -3.59. The van der Waals surface area contributed by atoms with Gasteiger partial charge in [0, 0.05) is 31.5 Å². The lowest BCUT2D eigenvalue weighted by molar-refractivity contribution is 0.0940. The number of thiophene rings is 1. The molecule has 4 aromatic rings. The van der Waals surface area contributed by atoms with Crippen LogP contribution in [-0.4, -0.2) is 46.2 Å². The van der Waals surface area contributed by atoms with E-state index in [1.54, 1.807) is 49.5 Å². The molecule has 31 heavy (non-hydrogen) atoms. The van der Waals surface area contributed by atoms with E-state index in [9.17, 15) is 4.79 Å². The Morgan fingerprint density at radius 1 is 1.23 bits per heavy atom. The fraction of sp³-hybridized carbons (Fsp3) is 0.227. The maximum absolute atomic E-state index is 13.0. The minimum atomic E-state index is -0.213. The highest BCUT2D eigenvalue weighted by Crippen LogP contribution is 2.33. The summed E-state index contributed by atoms with van der Waals surface area (Å²) in [5.74, 6) is 1.13. The minimum absolute atomic E-state index is 0.0867. The number of ether oxygens (including phenoxy) is 2. The van der Waals surface area contributed by atoms with E-state index in [1.807, 2.05) is 46.6 Å². The van der Waals surface area contributed by atoms with Crippen LogP contribution in [0.15, 0.2) is 59.6 Å². The number of benzene rings is 1. The summed E-state index contributed by atoms with van der Waals surface area (Å²) < 4.78 is 14.2. The number of carbonyl (C=O) groups excluding carboxylic acids is 1. The molecule has 0 saturated carbocycles. The standard InChI is InChI=1S/C22H23N5O3S/c1-26-19(12-18(25-26)17-11-16(29-2)5-6-21(17)30-3)22(28)23-13-20(15-7-10-31-14-15)27-9-4-8-24-27/h4-12,14,20H,13H2,1-3H3,(H,23,28)/t20-/m0/s1. The van der Waals surface area contributed by atoms with Crippen molar-refractivity contribution in [2.75, 3.05) is 20.8 Å². The summed E-state index contributed by atoms with van der Waals surface area (Å²) in [6.45, 7) is 0.403. The zero-order valence-corrected chi connectivity index (χ0v) is 18.3. The predicted molar refractivity (Wildman–Crippen MR) is 119 cm³/mol. The lowest BCUT2D eigenvalue weighted by Gasteiger charge is -2.17. The third kappa shape index (κ3) is 4.31. The lowest BCUT2D eigenvalue weighted by Crippen LogP contribution is -2.32. The van der Waals surface area contributed by atoms with Crippen LogP contribution in [0.5, 0.6) is 11.5 Å². The van der Waals surface area contributed by atoms with Gasteiger partial charge in [-0.1, -0.05) is 0 Å². The zero-order chi connectivity index (χ0) is 21.8. The summed E-state index contributed by atoms with van der Waals surface area (Å²) >= 11 is 1.62. The van der Waals surface area contributed by atoms with E-state index in [0.717, 1.165) is 11.1 Å². The molecule has 0 aliphatic carbocycles. The lowest BCUT2D eigenvalue weighted by atomic mass is 10.1. The van der Waals surface area contributed by atoms with Crippen molar-refractivity contribution in [1.82, 2.24) is 24.9 Å². The van der Waals surface area contributed by atoms with Crippen LogP contribution in [0.1, 0.15) is 22.1 Å². The third-order valence-electron chi connectivity index (χ3n) is 5.02. The van der Waals surface area contributed by atoms with E-state index in [2.05, 4.69) is 20.9 Å². The summed E-state index contributed by atoms with van der Waals surface area (Å²) in [6, 6.07) is 11.1. The van der Waals surface area contributed by atoms with Crippen molar-refractivity contribution in [2.45, 2.75) is 6.04 Å². The maximum Gasteiger partial charge on any atom is 0.269 e. The number of hydrogen-bond donors (Lipinski definition) is 1. The van der Waals surface area contributed by atoms with Crippen molar-refractivity contribution in [3.63, 3.8) is 0 Å². The zero-order valence-electron chi connectivity index (χ0n) is 17.5. The van der Waals surface area contributed by atoms with Gasteiger partial charge in [-0.25, -0.2) is 0 Å². The van der Waals surface area contributed by atoms with E-state index in [0.29, 0.717) is 29.4 Å². The van der Waals surface area contributed by atoms with Gasteiger partial charge in [-0.2, -0.15) is 21.5 Å². The first-order valence-corrected chi connectivity index (χ1v) is 10.6. The predicted octanol–water partition coefficient (Wildman–Crippen LogP) is 3.38. The molecule has 0 aliphatic rings. The van der Waals surface area contributed by atoms with Crippen molar-refractivity contribution in [3.8, 4) is 22.8 Å². The van der Waals surface area contributed by atoms with E-state index in [-0.39, 0.29) is 11.9 Å². The Kier molecular flexibility index (Phi) is 6.03. The molecule has 160 valence electrons. The second-order valence-corrected chi connectivity index (χ2v) is 7.65. The molecule has 0 fully saturated rings. The van der Waals surface area contributed by atoms with Crippen LogP contribution in [0.2, 0.25) is 0 Å². The Balaban J connectivity index is 1.56. The highest BCUT2D eigenvalue weighted by atomic mass is 32.1. The molecule has 0 spiro atoms. The van der Waals surface area contributed by atoms with Crippen LogP contribution in [0.25, 0.3) is 11.3 Å². The number of methoxy groups -OCH3 is 2. The number of carbonyl (C=O) groups is 1. The summed E-state index contributed by atoms with van der Waals surface area (Å²) in [4.78, 5) is 13.0. The minimum Gasteiger partial charge on any atom is -0.497 e. The van der Waals surface area contributed by atoms with Crippen LogP contribution in [0.3, 0.4) is 0 Å². The number of nitrogens with one attached hydrogen (secondary N) is 1. The summed E-state index contributed by atoms with van der Waals surface area (Å²) in [5, 5.41) is 16.0. The summed E-state index contributed by atoms with van der Waals surface area (Å²) in [6.07, 6.45) is 3.63. The van der Waals surface area contributed by atoms with Gasteiger partial charge >= 0.3 is 0 Å². The number of nitrogens with zero attached hydrogens (tertiary/aromatic N) is 4. The van der Waals surface area contributed by atoms with Gasteiger partial charge in [-0.15, -0.1) is 0 Å². The first kappa shape index (κ1) is 20.7. The first-order valence-electron chi connectivity index (χ1n) is 9.66. The van der Waals surface area contributed by atoms with Crippen molar-refractivity contribution < 1.29 is 14.3 Å². The molecular formula is C22H23N5O3S. The molecule has 0 radical (unpaired) electrons. The summed E-state index contributed by atoms with van der Waals surface area (Å²) in [7, 11) is 4.95. The van der Waals surface area contributed by atoms with E-state index in [4.69, 9.17) is 9.47 Å². The maximum atomic E-state index is 13.0. The molecule has 3 heterocycles. The van der Waals surface area contributed by atoms with E-state index in [1.165, 1.54) is 0 Å². The van der Waals surface area contributed by atoms with Crippen molar-refractivity contribution in [2.24, 2.45) is 7.05 Å². The fourth-order valence-electron chi connectivity index (χ4n) is 3.40. The van der Waals surface area contributed by atoms with Crippen molar-refractivity contribution in [1.29, 1.82) is 0 Å². The van der Waals surface area contributed by atoms with Crippen molar-refractivity contribution >= 4 is 17.2 Å². The molecule has 0 saturated heterocycles. The SMILES string of the molecule is COc1ccc(OC)c(-c2cc(C(=O)NC[C@@H](c3ccsc3)n3cccn3)n(C)n2)c1. The topological polar surface area (TPSA) is 83.2 Å². The third-order valence-corrected chi connectivity index (χ3v) is 5.72.